The van der Waals surface area contributed by atoms with Crippen LogP contribution in [0.2, 0.25) is 0 Å². The molecule has 1 aliphatic rings. The first-order valence-corrected chi connectivity index (χ1v) is 8.41. The third-order valence-electron chi connectivity index (χ3n) is 3.52. The normalized spacial score (nSPS) is 22.5. The number of rotatable bonds is 4. The monoisotopic (exact) mass is 327 g/mol. The largest absolute Gasteiger partial charge is 0.276 e. The number of aromatic nitrogens is 1. The molecular formula is C13H21N5O3S. The molecule has 122 valence electrons. The van der Waals surface area contributed by atoms with Gasteiger partial charge in [0.2, 0.25) is 0 Å². The lowest BCUT2D eigenvalue weighted by atomic mass is 9.84. The van der Waals surface area contributed by atoms with E-state index in [1.54, 1.807) is 0 Å². The molecule has 0 radical (unpaired) electrons. The predicted octanol–water partition coefficient (Wildman–Crippen LogP) is -0.328. The second kappa shape index (κ2) is 6.29. The van der Waals surface area contributed by atoms with Gasteiger partial charge in [-0.05, 0) is 24.0 Å². The fraction of sp³-hybridized carbons (Fsp3) is 0.538. The molecule has 2 unspecified atom stereocenters. The number of carbonyl (C=O) groups excluding carboxylic acids is 1. The molecule has 1 fully saturated rings. The Morgan fingerprint density at radius 3 is 2.64 bits per heavy atom. The summed E-state index contributed by atoms with van der Waals surface area (Å²) >= 11 is 0. The zero-order chi connectivity index (χ0) is 16.4. The van der Waals surface area contributed by atoms with Crippen molar-refractivity contribution in [2.75, 3.05) is 0 Å². The molecule has 1 amide bonds. The molecule has 8 nitrogen and oxygen atoms in total. The molecule has 4 N–H and O–H groups in total. The highest BCUT2D eigenvalue weighted by Crippen LogP contribution is 2.25. The number of hydrogen-bond donors (Lipinski definition) is 4. The third kappa shape index (κ3) is 4.01. The molecule has 2 atom stereocenters. The van der Waals surface area contributed by atoms with Crippen molar-refractivity contribution in [3.05, 3.63) is 24.5 Å². The zero-order valence-electron chi connectivity index (χ0n) is 12.8. The maximum Gasteiger partial charge on any atom is 0.258 e. The van der Waals surface area contributed by atoms with Gasteiger partial charge in [-0.3, -0.25) is 20.6 Å². The summed E-state index contributed by atoms with van der Waals surface area (Å²) in [7, 11) is -3.82. The van der Waals surface area contributed by atoms with Crippen LogP contribution in [0.4, 0.5) is 0 Å². The van der Waals surface area contributed by atoms with E-state index in [0.717, 1.165) is 0 Å². The molecule has 0 bridgehead atoms. The van der Waals surface area contributed by atoms with E-state index in [9.17, 15) is 13.2 Å². The number of amides is 1. The molecule has 0 saturated carbocycles. The van der Waals surface area contributed by atoms with Crippen LogP contribution in [0.5, 0.6) is 0 Å². The van der Waals surface area contributed by atoms with E-state index >= 15 is 0 Å². The van der Waals surface area contributed by atoms with Crippen LogP contribution in [0.25, 0.3) is 0 Å². The van der Waals surface area contributed by atoms with E-state index in [1.807, 2.05) is 0 Å². The Hall–Kier alpha value is -1.55. The highest BCUT2D eigenvalue weighted by atomic mass is 32.2. The first-order valence-electron chi connectivity index (χ1n) is 6.93. The van der Waals surface area contributed by atoms with Crippen molar-refractivity contribution in [1.29, 1.82) is 0 Å². The van der Waals surface area contributed by atoms with Crippen molar-refractivity contribution in [1.82, 2.24) is 26.1 Å². The van der Waals surface area contributed by atoms with Gasteiger partial charge < -0.3 is 0 Å². The average molecular weight is 327 g/mol. The minimum Gasteiger partial charge on any atom is -0.276 e. The maximum absolute atomic E-state index is 12.0. The molecule has 1 aromatic rings. The van der Waals surface area contributed by atoms with E-state index in [2.05, 4.69) is 46.9 Å². The summed E-state index contributed by atoms with van der Waals surface area (Å²) in [4.78, 5) is 17.8. The smallest absolute Gasteiger partial charge is 0.258 e. The summed E-state index contributed by atoms with van der Waals surface area (Å²) in [6, 6.07) is 2.53. The van der Waals surface area contributed by atoms with Crippen LogP contribution in [-0.2, 0) is 14.8 Å². The fourth-order valence-corrected chi connectivity index (χ4v) is 2.88. The molecule has 22 heavy (non-hydrogen) atoms. The summed E-state index contributed by atoms with van der Waals surface area (Å²) < 4.78 is 23.9. The van der Waals surface area contributed by atoms with E-state index in [1.165, 1.54) is 24.5 Å². The van der Waals surface area contributed by atoms with Gasteiger partial charge in [0.1, 0.15) is 10.9 Å². The number of pyridine rings is 1. The van der Waals surface area contributed by atoms with Crippen molar-refractivity contribution in [3.8, 4) is 0 Å². The van der Waals surface area contributed by atoms with Gasteiger partial charge >= 0.3 is 0 Å². The van der Waals surface area contributed by atoms with Gasteiger partial charge in [-0.2, -0.15) is 0 Å². The van der Waals surface area contributed by atoms with Crippen molar-refractivity contribution < 1.29 is 13.2 Å². The fourth-order valence-electron chi connectivity index (χ4n) is 2.07. The SMILES string of the molecule is CC(C)(C)C1CC(C(=O)NNS(=O)(=O)c2cccnc2)NN1. The Bertz CT molecular complexity index is 627. The van der Waals surface area contributed by atoms with Crippen LogP contribution in [0.15, 0.2) is 29.4 Å². The van der Waals surface area contributed by atoms with Gasteiger partial charge in [0.25, 0.3) is 15.9 Å². The van der Waals surface area contributed by atoms with Gasteiger partial charge in [-0.25, -0.2) is 13.8 Å². The molecule has 2 heterocycles. The zero-order valence-corrected chi connectivity index (χ0v) is 13.6. The Morgan fingerprint density at radius 2 is 2.09 bits per heavy atom. The lowest BCUT2D eigenvalue weighted by Crippen LogP contribution is -2.50. The molecular weight excluding hydrogens is 306 g/mol. The molecule has 1 saturated heterocycles. The molecule has 0 aliphatic carbocycles. The summed E-state index contributed by atoms with van der Waals surface area (Å²) in [5.41, 5.74) is 8.16. The molecule has 9 heteroatoms. The Kier molecular flexibility index (Phi) is 4.81. The van der Waals surface area contributed by atoms with Crippen molar-refractivity contribution in [2.24, 2.45) is 5.41 Å². The van der Waals surface area contributed by atoms with Crippen LogP contribution in [0, 0.1) is 5.41 Å². The molecule has 0 aromatic carbocycles. The molecule has 0 spiro atoms. The number of hydrazine groups is 2. The van der Waals surface area contributed by atoms with Crippen LogP contribution in [-0.4, -0.2) is 31.4 Å². The third-order valence-corrected chi connectivity index (χ3v) is 4.75. The topological polar surface area (TPSA) is 112 Å². The van der Waals surface area contributed by atoms with Gasteiger partial charge in [0.05, 0.1) is 0 Å². The van der Waals surface area contributed by atoms with Crippen LogP contribution < -0.4 is 21.1 Å². The highest BCUT2D eigenvalue weighted by molar-refractivity contribution is 7.89. The van der Waals surface area contributed by atoms with Crippen LogP contribution in [0.3, 0.4) is 0 Å². The molecule has 2 rings (SSSR count). The van der Waals surface area contributed by atoms with E-state index in [4.69, 9.17) is 0 Å². The second-order valence-electron chi connectivity index (χ2n) is 6.28. The van der Waals surface area contributed by atoms with Crippen LogP contribution in [0.1, 0.15) is 27.2 Å². The standard InChI is InChI=1S/C13H21N5O3S/c1-13(2,3)11-7-10(15-16-11)12(19)17-18-22(20,21)9-5-4-6-14-8-9/h4-6,8,10-11,15-16,18H,7H2,1-3H3,(H,17,19). The number of sulfonamides is 1. The summed E-state index contributed by atoms with van der Waals surface area (Å²) in [6.45, 7) is 6.20. The highest BCUT2D eigenvalue weighted by Gasteiger charge is 2.36. The number of hydrogen-bond acceptors (Lipinski definition) is 6. The van der Waals surface area contributed by atoms with Crippen LogP contribution >= 0.6 is 0 Å². The predicted molar refractivity (Wildman–Crippen MR) is 80.6 cm³/mol. The van der Waals surface area contributed by atoms with E-state index in [-0.39, 0.29) is 16.4 Å². The average Bonchev–Trinajstić information content (AvgIpc) is 2.96. The first kappa shape index (κ1) is 16.8. The summed E-state index contributed by atoms with van der Waals surface area (Å²) in [5.74, 6) is -0.438. The van der Waals surface area contributed by atoms with Crippen molar-refractivity contribution >= 4 is 15.9 Å². The van der Waals surface area contributed by atoms with Gasteiger partial charge in [0, 0.05) is 18.4 Å². The van der Waals surface area contributed by atoms with E-state index < -0.39 is 22.0 Å². The van der Waals surface area contributed by atoms with Gasteiger partial charge in [-0.15, -0.1) is 4.83 Å². The Balaban J connectivity index is 1.91. The molecule has 1 aliphatic heterocycles. The Morgan fingerprint density at radius 1 is 1.36 bits per heavy atom. The van der Waals surface area contributed by atoms with Crippen molar-refractivity contribution in [2.45, 2.75) is 44.2 Å². The Labute approximate surface area is 130 Å². The second-order valence-corrected chi connectivity index (χ2v) is 7.96. The lowest BCUT2D eigenvalue weighted by Gasteiger charge is -2.25. The maximum atomic E-state index is 12.0. The number of nitrogens with zero attached hydrogens (tertiary/aromatic N) is 1. The number of carbonyl (C=O) groups is 1. The first-order chi connectivity index (χ1) is 10.2. The van der Waals surface area contributed by atoms with Gasteiger partial charge in [0.15, 0.2) is 0 Å². The van der Waals surface area contributed by atoms with Crippen molar-refractivity contribution in [3.63, 3.8) is 0 Å². The summed E-state index contributed by atoms with van der Waals surface area (Å²) in [5, 5.41) is 0. The number of nitrogens with one attached hydrogen (secondary N) is 4. The lowest BCUT2D eigenvalue weighted by molar-refractivity contribution is -0.123. The molecule has 1 aromatic heterocycles. The van der Waals surface area contributed by atoms with Gasteiger partial charge in [-0.1, -0.05) is 20.8 Å². The quantitative estimate of drug-likeness (QED) is 0.564. The minimum atomic E-state index is -3.82. The minimum absolute atomic E-state index is 0.00274. The summed E-state index contributed by atoms with van der Waals surface area (Å²) in [6.07, 6.45) is 3.25. The van der Waals surface area contributed by atoms with E-state index in [0.29, 0.717) is 6.42 Å².